The quantitative estimate of drug-likeness (QED) is 0.686. The van der Waals surface area contributed by atoms with Crippen LogP contribution in [0.3, 0.4) is 0 Å². The van der Waals surface area contributed by atoms with Crippen LogP contribution in [0.25, 0.3) is 10.9 Å². The van der Waals surface area contributed by atoms with Crippen molar-refractivity contribution in [3.05, 3.63) is 34.9 Å². The van der Waals surface area contributed by atoms with Crippen LogP contribution in [-0.4, -0.2) is 4.57 Å². The minimum absolute atomic E-state index is 0.704. The second-order valence-electron chi connectivity index (χ2n) is 5.52. The van der Waals surface area contributed by atoms with Gasteiger partial charge < -0.3 is 4.57 Å². The molecule has 1 heterocycles. The topological polar surface area (TPSA) is 4.93 Å². The maximum absolute atomic E-state index is 3.59. The van der Waals surface area contributed by atoms with Gasteiger partial charge in [0.15, 0.2) is 0 Å². The zero-order chi connectivity index (χ0) is 12.5. The van der Waals surface area contributed by atoms with Crippen LogP contribution >= 0.6 is 15.9 Å². The van der Waals surface area contributed by atoms with E-state index in [1.54, 1.807) is 0 Å². The van der Waals surface area contributed by atoms with Crippen LogP contribution in [0.1, 0.15) is 45.1 Å². The Kier molecular flexibility index (Phi) is 3.47. The Hall–Kier alpha value is -0.760. The Balaban J connectivity index is 1.96. The summed E-state index contributed by atoms with van der Waals surface area (Å²) in [5, 5.41) is 1.36. The van der Waals surface area contributed by atoms with E-state index in [0.717, 1.165) is 5.92 Å². The van der Waals surface area contributed by atoms with Crippen LogP contribution in [0.4, 0.5) is 0 Å². The number of hydrogen-bond donors (Lipinski definition) is 0. The summed E-state index contributed by atoms with van der Waals surface area (Å²) in [7, 11) is 0. The maximum atomic E-state index is 3.59. The fourth-order valence-corrected chi connectivity index (χ4v) is 3.68. The third kappa shape index (κ3) is 2.23. The SMILES string of the molecule is CCC1CCCC(n2ccc3ccc(Br)cc32)C1. The molecule has 0 bridgehead atoms. The van der Waals surface area contributed by atoms with Gasteiger partial charge in [-0.15, -0.1) is 0 Å². The van der Waals surface area contributed by atoms with Gasteiger partial charge in [0.05, 0.1) is 0 Å². The highest BCUT2D eigenvalue weighted by Gasteiger charge is 2.22. The second kappa shape index (κ2) is 5.08. The van der Waals surface area contributed by atoms with Gasteiger partial charge in [0.25, 0.3) is 0 Å². The summed E-state index contributed by atoms with van der Waals surface area (Å²) in [5.41, 5.74) is 1.38. The number of fused-ring (bicyclic) bond motifs is 1. The van der Waals surface area contributed by atoms with Crippen molar-refractivity contribution in [3.8, 4) is 0 Å². The molecule has 0 spiro atoms. The molecule has 0 radical (unpaired) electrons. The molecule has 0 aliphatic heterocycles. The van der Waals surface area contributed by atoms with Crippen molar-refractivity contribution < 1.29 is 0 Å². The fourth-order valence-electron chi connectivity index (χ4n) is 3.33. The lowest BCUT2D eigenvalue weighted by atomic mass is 9.84. The molecule has 2 unspecified atom stereocenters. The van der Waals surface area contributed by atoms with Crippen molar-refractivity contribution in [2.75, 3.05) is 0 Å². The monoisotopic (exact) mass is 305 g/mol. The first-order valence-electron chi connectivity index (χ1n) is 7.04. The average Bonchev–Trinajstić information content (AvgIpc) is 2.81. The van der Waals surface area contributed by atoms with E-state index < -0.39 is 0 Å². The fraction of sp³-hybridized carbons (Fsp3) is 0.500. The maximum Gasteiger partial charge on any atom is 0.0494 e. The average molecular weight is 306 g/mol. The largest absolute Gasteiger partial charge is 0.344 e. The van der Waals surface area contributed by atoms with E-state index in [4.69, 9.17) is 0 Å². The molecule has 0 saturated heterocycles. The van der Waals surface area contributed by atoms with Crippen molar-refractivity contribution in [2.45, 2.75) is 45.1 Å². The summed E-state index contributed by atoms with van der Waals surface area (Å²) in [6.07, 6.45) is 9.12. The minimum Gasteiger partial charge on any atom is -0.344 e. The highest BCUT2D eigenvalue weighted by atomic mass is 79.9. The van der Waals surface area contributed by atoms with Gasteiger partial charge in [-0.3, -0.25) is 0 Å². The lowest BCUT2D eigenvalue weighted by Gasteiger charge is -2.30. The molecule has 1 fully saturated rings. The number of rotatable bonds is 2. The standard InChI is InChI=1S/C16H20BrN/c1-2-12-4-3-5-15(10-12)18-9-8-13-6-7-14(17)11-16(13)18/h6-9,11-12,15H,2-5,10H2,1H3. The molecule has 96 valence electrons. The van der Waals surface area contributed by atoms with Crippen LogP contribution < -0.4 is 0 Å². The predicted molar refractivity (Wildman–Crippen MR) is 80.9 cm³/mol. The van der Waals surface area contributed by atoms with Crippen LogP contribution in [0.15, 0.2) is 34.9 Å². The summed E-state index contributed by atoms with van der Waals surface area (Å²) >= 11 is 3.59. The van der Waals surface area contributed by atoms with Gasteiger partial charge >= 0.3 is 0 Å². The zero-order valence-electron chi connectivity index (χ0n) is 10.9. The van der Waals surface area contributed by atoms with Gasteiger partial charge in [-0.1, -0.05) is 48.2 Å². The lowest BCUT2D eigenvalue weighted by molar-refractivity contribution is 0.265. The van der Waals surface area contributed by atoms with Crippen LogP contribution in [-0.2, 0) is 0 Å². The summed E-state index contributed by atoms with van der Waals surface area (Å²) in [4.78, 5) is 0. The van der Waals surface area contributed by atoms with Crippen LogP contribution in [0, 0.1) is 5.92 Å². The Morgan fingerprint density at radius 3 is 3.00 bits per heavy atom. The number of halogens is 1. The molecule has 2 heteroatoms. The van der Waals surface area contributed by atoms with Gasteiger partial charge in [-0.05, 0) is 42.3 Å². The molecule has 3 rings (SSSR count). The first-order chi connectivity index (χ1) is 8.78. The molecule has 2 aromatic rings. The number of benzene rings is 1. The Morgan fingerprint density at radius 1 is 1.28 bits per heavy atom. The van der Waals surface area contributed by atoms with E-state index in [1.165, 1.54) is 47.5 Å². The van der Waals surface area contributed by atoms with E-state index in [2.05, 4.69) is 57.9 Å². The molecule has 0 N–H and O–H groups in total. The predicted octanol–water partition coefficient (Wildman–Crippen LogP) is 5.55. The molecule has 1 aromatic carbocycles. The van der Waals surface area contributed by atoms with Crippen LogP contribution in [0.5, 0.6) is 0 Å². The van der Waals surface area contributed by atoms with Gasteiger partial charge in [-0.2, -0.15) is 0 Å². The molecular formula is C16H20BrN. The van der Waals surface area contributed by atoms with Gasteiger partial charge in [-0.25, -0.2) is 0 Å². The summed E-state index contributed by atoms with van der Waals surface area (Å²) < 4.78 is 3.68. The molecule has 0 amide bonds. The molecular weight excluding hydrogens is 286 g/mol. The van der Waals surface area contributed by atoms with Crippen molar-refractivity contribution in [3.63, 3.8) is 0 Å². The first kappa shape index (κ1) is 12.3. The number of hydrogen-bond acceptors (Lipinski definition) is 0. The molecule has 1 aliphatic carbocycles. The van der Waals surface area contributed by atoms with Crippen molar-refractivity contribution in [2.24, 2.45) is 5.92 Å². The number of nitrogens with zero attached hydrogens (tertiary/aromatic N) is 1. The summed E-state index contributed by atoms with van der Waals surface area (Å²) in [6, 6.07) is 9.54. The highest BCUT2D eigenvalue weighted by molar-refractivity contribution is 9.10. The molecule has 1 aliphatic rings. The van der Waals surface area contributed by atoms with E-state index in [9.17, 15) is 0 Å². The summed E-state index contributed by atoms with van der Waals surface area (Å²) in [5.74, 6) is 0.924. The molecule has 18 heavy (non-hydrogen) atoms. The second-order valence-corrected chi connectivity index (χ2v) is 6.44. The van der Waals surface area contributed by atoms with Gasteiger partial charge in [0.1, 0.15) is 0 Å². The minimum atomic E-state index is 0.704. The Bertz CT molecular complexity index is 543. The third-order valence-corrected chi connectivity index (χ3v) is 4.90. The molecule has 1 nitrogen and oxygen atoms in total. The van der Waals surface area contributed by atoms with Crippen molar-refractivity contribution in [1.82, 2.24) is 4.57 Å². The number of aromatic nitrogens is 1. The van der Waals surface area contributed by atoms with Crippen molar-refractivity contribution in [1.29, 1.82) is 0 Å². The smallest absolute Gasteiger partial charge is 0.0494 e. The Labute approximate surface area is 117 Å². The zero-order valence-corrected chi connectivity index (χ0v) is 12.5. The lowest BCUT2D eigenvalue weighted by Crippen LogP contribution is -2.18. The normalized spacial score (nSPS) is 24.6. The summed E-state index contributed by atoms with van der Waals surface area (Å²) in [6.45, 7) is 2.33. The van der Waals surface area contributed by atoms with Gasteiger partial charge in [0, 0.05) is 22.2 Å². The van der Waals surface area contributed by atoms with E-state index in [0.29, 0.717) is 6.04 Å². The van der Waals surface area contributed by atoms with E-state index in [-0.39, 0.29) is 0 Å². The van der Waals surface area contributed by atoms with Crippen molar-refractivity contribution >= 4 is 26.8 Å². The highest BCUT2D eigenvalue weighted by Crippen LogP contribution is 2.36. The molecule has 2 atom stereocenters. The Morgan fingerprint density at radius 2 is 2.17 bits per heavy atom. The van der Waals surface area contributed by atoms with E-state index >= 15 is 0 Å². The van der Waals surface area contributed by atoms with E-state index in [1.807, 2.05) is 0 Å². The van der Waals surface area contributed by atoms with Crippen LogP contribution in [0.2, 0.25) is 0 Å². The first-order valence-corrected chi connectivity index (χ1v) is 7.83. The molecule has 1 saturated carbocycles. The van der Waals surface area contributed by atoms with Gasteiger partial charge in [0.2, 0.25) is 0 Å². The third-order valence-electron chi connectivity index (χ3n) is 4.41. The molecule has 1 aromatic heterocycles.